The molecule has 0 amide bonds. The molecule has 6 heteroatoms. The van der Waals surface area contributed by atoms with Crippen molar-refractivity contribution in [3.05, 3.63) is 77.4 Å². The molecule has 24 heavy (non-hydrogen) atoms. The highest BCUT2D eigenvalue weighted by molar-refractivity contribution is 6.30. The molecule has 0 aliphatic heterocycles. The molecule has 114 valence electrons. The number of pyridine rings is 1. The quantitative estimate of drug-likeness (QED) is 0.502. The third-order valence-corrected chi connectivity index (χ3v) is 3.88. The molecule has 3 heterocycles. The summed E-state index contributed by atoms with van der Waals surface area (Å²) in [5, 5.41) is 5.20. The van der Waals surface area contributed by atoms with Crippen LogP contribution in [0.5, 0.6) is 0 Å². The monoisotopic (exact) mass is 331 g/mol. The van der Waals surface area contributed by atoms with Crippen LogP contribution in [0.25, 0.3) is 33.0 Å². The second-order valence-electron chi connectivity index (χ2n) is 5.13. The van der Waals surface area contributed by atoms with Crippen LogP contribution in [0.2, 0.25) is 5.02 Å². The Labute approximate surface area is 143 Å². The van der Waals surface area contributed by atoms with E-state index in [0.717, 1.165) is 16.8 Å². The maximum absolute atomic E-state index is 7.22. The molecule has 1 aromatic carbocycles. The van der Waals surface area contributed by atoms with Crippen LogP contribution in [0.3, 0.4) is 0 Å². The lowest BCUT2D eigenvalue weighted by atomic mass is 10.0. The van der Waals surface area contributed by atoms with Gasteiger partial charge in [-0.05, 0) is 30.3 Å². The Bertz CT molecular complexity index is 1090. The van der Waals surface area contributed by atoms with E-state index in [0.29, 0.717) is 22.2 Å². The fourth-order valence-corrected chi connectivity index (χ4v) is 2.75. The number of fused-ring (bicyclic) bond motifs is 1. The van der Waals surface area contributed by atoms with Gasteiger partial charge in [0.1, 0.15) is 5.69 Å². The van der Waals surface area contributed by atoms with E-state index in [2.05, 4.69) is 19.9 Å². The molecule has 0 radical (unpaired) electrons. The summed E-state index contributed by atoms with van der Waals surface area (Å²) < 4.78 is 1.54. The van der Waals surface area contributed by atoms with Gasteiger partial charge in [-0.1, -0.05) is 35.4 Å². The van der Waals surface area contributed by atoms with Gasteiger partial charge in [0.25, 0.3) is 5.82 Å². The SMILES string of the molecule is [C-]#[N+]c1cnc2ccc(-c3cccnc3-c3cccc(Cl)c3)nn12. The maximum atomic E-state index is 7.22. The number of benzene rings is 1. The van der Waals surface area contributed by atoms with Gasteiger partial charge in [0.2, 0.25) is 5.65 Å². The number of imidazole rings is 1. The van der Waals surface area contributed by atoms with Gasteiger partial charge < -0.3 is 4.85 Å². The zero-order valence-electron chi connectivity index (χ0n) is 12.4. The summed E-state index contributed by atoms with van der Waals surface area (Å²) in [4.78, 5) is 12.1. The van der Waals surface area contributed by atoms with E-state index in [9.17, 15) is 0 Å². The Morgan fingerprint density at radius 3 is 2.79 bits per heavy atom. The predicted molar refractivity (Wildman–Crippen MR) is 92.9 cm³/mol. The van der Waals surface area contributed by atoms with Crippen molar-refractivity contribution in [2.75, 3.05) is 0 Å². The Balaban J connectivity index is 1.93. The molecule has 0 aliphatic rings. The summed E-state index contributed by atoms with van der Waals surface area (Å²) in [5.41, 5.74) is 3.92. The van der Waals surface area contributed by atoms with Crippen LogP contribution in [0.15, 0.2) is 60.9 Å². The van der Waals surface area contributed by atoms with Crippen LogP contribution in [-0.4, -0.2) is 19.6 Å². The first-order valence-electron chi connectivity index (χ1n) is 7.20. The highest BCUT2D eigenvalue weighted by Crippen LogP contribution is 2.30. The van der Waals surface area contributed by atoms with E-state index >= 15 is 0 Å². The molecule has 0 saturated heterocycles. The van der Waals surface area contributed by atoms with Crippen molar-refractivity contribution in [2.45, 2.75) is 0 Å². The number of aromatic nitrogens is 4. The van der Waals surface area contributed by atoms with Crippen molar-refractivity contribution < 1.29 is 0 Å². The smallest absolute Gasteiger partial charge is 0.275 e. The average Bonchev–Trinajstić information content (AvgIpc) is 3.04. The minimum Gasteiger partial charge on any atom is -0.360 e. The lowest BCUT2D eigenvalue weighted by Crippen LogP contribution is -1.96. The topological polar surface area (TPSA) is 47.4 Å². The van der Waals surface area contributed by atoms with Crippen LogP contribution >= 0.6 is 11.6 Å². The van der Waals surface area contributed by atoms with E-state index in [4.69, 9.17) is 18.2 Å². The summed E-state index contributed by atoms with van der Waals surface area (Å²) in [7, 11) is 0. The molecule has 3 aromatic heterocycles. The van der Waals surface area contributed by atoms with Gasteiger partial charge in [0, 0.05) is 28.4 Å². The summed E-state index contributed by atoms with van der Waals surface area (Å²) in [5.74, 6) is 0.375. The standard InChI is InChI=1S/C18H10ClN5/c1-20-17-11-22-16-8-7-15(23-24(16)17)14-6-3-9-21-18(14)12-4-2-5-13(19)10-12/h2-11H. The molecule has 0 atom stereocenters. The van der Waals surface area contributed by atoms with Gasteiger partial charge in [-0.2, -0.15) is 0 Å². The molecular formula is C18H10ClN5. The fraction of sp³-hybridized carbons (Fsp3) is 0. The fourth-order valence-electron chi connectivity index (χ4n) is 2.56. The van der Waals surface area contributed by atoms with Crippen LogP contribution in [0, 0.1) is 6.57 Å². The van der Waals surface area contributed by atoms with Crippen molar-refractivity contribution in [1.82, 2.24) is 19.6 Å². The number of nitrogens with zero attached hydrogens (tertiary/aromatic N) is 5. The van der Waals surface area contributed by atoms with Crippen molar-refractivity contribution in [2.24, 2.45) is 0 Å². The third-order valence-electron chi connectivity index (χ3n) is 3.64. The zero-order valence-corrected chi connectivity index (χ0v) is 13.1. The van der Waals surface area contributed by atoms with E-state index in [1.54, 1.807) is 6.20 Å². The van der Waals surface area contributed by atoms with Crippen LogP contribution in [-0.2, 0) is 0 Å². The Morgan fingerprint density at radius 1 is 1.04 bits per heavy atom. The first-order valence-corrected chi connectivity index (χ1v) is 7.57. The van der Waals surface area contributed by atoms with E-state index < -0.39 is 0 Å². The molecule has 0 aliphatic carbocycles. The Morgan fingerprint density at radius 2 is 1.96 bits per heavy atom. The van der Waals surface area contributed by atoms with Crippen molar-refractivity contribution >= 4 is 23.1 Å². The molecular weight excluding hydrogens is 322 g/mol. The summed E-state index contributed by atoms with van der Waals surface area (Å²) in [6.45, 7) is 7.22. The first-order chi connectivity index (χ1) is 11.8. The Hall–Kier alpha value is -3.23. The summed E-state index contributed by atoms with van der Waals surface area (Å²) >= 11 is 6.11. The van der Waals surface area contributed by atoms with Crippen molar-refractivity contribution in [3.63, 3.8) is 0 Å². The zero-order chi connectivity index (χ0) is 16.5. The third kappa shape index (κ3) is 2.39. The average molecular weight is 332 g/mol. The van der Waals surface area contributed by atoms with Gasteiger partial charge in [-0.15, -0.1) is 4.52 Å². The Kier molecular flexibility index (Phi) is 3.45. The highest BCUT2D eigenvalue weighted by Gasteiger charge is 2.14. The van der Waals surface area contributed by atoms with Crippen molar-refractivity contribution in [3.8, 4) is 22.5 Å². The first kappa shape index (κ1) is 14.4. The molecule has 4 rings (SSSR count). The predicted octanol–water partition coefficient (Wildman–Crippen LogP) is 4.66. The molecule has 0 fully saturated rings. The minimum atomic E-state index is 0.375. The van der Waals surface area contributed by atoms with Crippen LogP contribution in [0.1, 0.15) is 0 Å². The lowest BCUT2D eigenvalue weighted by Gasteiger charge is -2.08. The summed E-state index contributed by atoms with van der Waals surface area (Å²) in [6, 6.07) is 15.1. The molecule has 0 unspecified atom stereocenters. The highest BCUT2D eigenvalue weighted by atomic mass is 35.5. The summed E-state index contributed by atoms with van der Waals surface area (Å²) in [6.07, 6.45) is 3.25. The van der Waals surface area contributed by atoms with Gasteiger partial charge >= 0.3 is 0 Å². The van der Waals surface area contributed by atoms with Gasteiger partial charge in [-0.25, -0.2) is 4.98 Å². The molecule has 5 nitrogen and oxygen atoms in total. The normalized spacial score (nSPS) is 10.7. The largest absolute Gasteiger partial charge is 0.360 e. The number of rotatable bonds is 2. The molecule has 0 spiro atoms. The van der Waals surface area contributed by atoms with E-state index in [1.165, 1.54) is 10.7 Å². The molecule has 4 aromatic rings. The number of hydrogen-bond donors (Lipinski definition) is 0. The van der Waals surface area contributed by atoms with Crippen molar-refractivity contribution in [1.29, 1.82) is 0 Å². The van der Waals surface area contributed by atoms with Gasteiger partial charge in [-0.3, -0.25) is 4.98 Å². The van der Waals surface area contributed by atoms with E-state index in [-0.39, 0.29) is 0 Å². The minimum absolute atomic E-state index is 0.375. The second-order valence-corrected chi connectivity index (χ2v) is 5.56. The van der Waals surface area contributed by atoms with E-state index in [1.807, 2.05) is 48.5 Å². The van der Waals surface area contributed by atoms with Gasteiger partial charge in [0.15, 0.2) is 0 Å². The number of halogens is 1. The molecule has 0 N–H and O–H groups in total. The lowest BCUT2D eigenvalue weighted by molar-refractivity contribution is 0.956. The van der Waals surface area contributed by atoms with Gasteiger partial charge in [0.05, 0.1) is 11.9 Å². The molecule has 0 bridgehead atoms. The molecule has 0 saturated carbocycles. The van der Waals surface area contributed by atoms with Crippen LogP contribution < -0.4 is 0 Å². The number of hydrogen-bond acceptors (Lipinski definition) is 3. The maximum Gasteiger partial charge on any atom is 0.275 e. The van der Waals surface area contributed by atoms with Crippen LogP contribution in [0.4, 0.5) is 5.82 Å². The second kappa shape index (κ2) is 5.76.